The maximum absolute atomic E-state index is 13.5. The van der Waals surface area contributed by atoms with Crippen LogP contribution in [0.25, 0.3) is 0 Å². The number of nitrogens with zero attached hydrogens (tertiary/aromatic N) is 3. The fraction of sp³-hybridized carbons (Fsp3) is 0.859. The molecule has 0 spiro atoms. The van der Waals surface area contributed by atoms with Gasteiger partial charge >= 0.3 is 129 Å². The summed E-state index contributed by atoms with van der Waals surface area (Å²) in [4.78, 5) is 128. The van der Waals surface area contributed by atoms with Crippen LogP contribution in [0.4, 0.5) is 0 Å². The summed E-state index contributed by atoms with van der Waals surface area (Å²) in [5, 5.41) is 58.3. The quantitative estimate of drug-likeness (QED) is 0.0347. The predicted molar refractivity (Wildman–Crippen MR) is 346 cm³/mol. The molecule has 0 aromatic carbocycles. The largest absolute Gasteiger partial charge is 3.00 e. The summed E-state index contributed by atoms with van der Waals surface area (Å²) in [5.41, 5.74) is -1.65. The van der Waals surface area contributed by atoms with E-state index in [2.05, 4.69) is 20.8 Å². The molecule has 0 saturated heterocycles. The second kappa shape index (κ2) is 70.9. The Morgan fingerprint density at radius 1 is 0.309 bits per heavy atom. The number of hydrogen-bond acceptors (Lipinski definition) is 23. The molecule has 1 unspecified atom stereocenters. The Bertz CT molecular complexity index is 1860. The molecular formula is C71H122GdN3Na2O20. The number of hydrogen-bond donors (Lipinski definition) is 0. The monoisotopic (exact) mass is 1540 g/mol. The van der Waals surface area contributed by atoms with Crippen molar-refractivity contribution in [3.05, 3.63) is 0 Å². The van der Waals surface area contributed by atoms with E-state index in [4.69, 9.17) is 23.7 Å². The summed E-state index contributed by atoms with van der Waals surface area (Å²) in [5.74, 6) is -13.0. The van der Waals surface area contributed by atoms with Crippen LogP contribution in [0.5, 0.6) is 0 Å². The third-order valence-corrected chi connectivity index (χ3v) is 16.9. The van der Waals surface area contributed by atoms with Crippen LogP contribution in [0, 0.1) is 45.4 Å². The van der Waals surface area contributed by atoms with Gasteiger partial charge in [-0.15, -0.1) is 0 Å². The van der Waals surface area contributed by atoms with Crippen LogP contribution >= 0.6 is 0 Å². The van der Waals surface area contributed by atoms with Crippen LogP contribution in [-0.2, 0) is 71.6 Å². The van der Waals surface area contributed by atoms with Crippen LogP contribution in [-0.4, -0.2) is 166 Å². The van der Waals surface area contributed by atoms with E-state index in [1.54, 1.807) is 0 Å². The van der Waals surface area contributed by atoms with Crippen LogP contribution < -0.4 is 84.6 Å². The Morgan fingerprint density at radius 3 is 0.763 bits per heavy atom. The molecule has 551 valence electrons. The van der Waals surface area contributed by atoms with Crippen LogP contribution in [0.3, 0.4) is 0 Å². The zero-order chi connectivity index (χ0) is 69.7. The molecule has 0 heterocycles. The molecule has 23 nitrogen and oxygen atoms in total. The molecular weight excluding hydrogens is 1420 g/mol. The normalized spacial score (nSPS) is 11.5. The van der Waals surface area contributed by atoms with Gasteiger partial charge in [-0.05, 0) is 19.3 Å². The molecule has 1 atom stereocenters. The first-order chi connectivity index (χ1) is 45.3. The number of carbonyl (C=O) groups is 10. The van der Waals surface area contributed by atoms with E-state index in [1.165, 1.54) is 154 Å². The van der Waals surface area contributed by atoms with Gasteiger partial charge in [-0.3, -0.25) is 33.9 Å². The van der Waals surface area contributed by atoms with E-state index < -0.39 is 163 Å². The molecule has 0 aliphatic carbocycles. The maximum Gasteiger partial charge on any atom is 3.00 e. The van der Waals surface area contributed by atoms with Gasteiger partial charge < -0.3 is 73.2 Å². The summed E-state index contributed by atoms with van der Waals surface area (Å²) < 4.78 is 28.2. The number of carboxylic acid groups (broad SMARTS) is 5. The number of rotatable bonds is 70. The Labute approximate surface area is 658 Å². The smallest absolute Gasteiger partial charge is 0.549 e. The van der Waals surface area contributed by atoms with Crippen molar-refractivity contribution in [2.75, 3.05) is 85.4 Å². The average Bonchev–Trinajstić information content (AvgIpc) is 1.08. The van der Waals surface area contributed by atoms with Gasteiger partial charge in [-0.25, -0.2) is 4.79 Å². The van der Waals surface area contributed by atoms with E-state index in [9.17, 15) is 73.5 Å². The van der Waals surface area contributed by atoms with Crippen LogP contribution in [0.1, 0.15) is 297 Å². The number of carbonyl (C=O) groups excluding carboxylic acids is 10. The predicted octanol–water partition coefficient (Wildman–Crippen LogP) is 0.555. The van der Waals surface area contributed by atoms with Crippen molar-refractivity contribution in [1.29, 1.82) is 0 Å². The van der Waals surface area contributed by atoms with Gasteiger partial charge in [-0.2, -0.15) is 0 Å². The summed E-state index contributed by atoms with van der Waals surface area (Å²) in [6.45, 7) is -2.56. The first kappa shape index (κ1) is 101. The SMILES string of the molecule is CCCCCCCCCCCCCCCC(=O)OCC(COC(=O)CCCCCCCCCCCCCCC)(COC(=O)CCCCCCCCCCCCCCC)COC(=O)COC(=O)CC(C(=O)[O-])N(CCN(CC(=O)[O-])CC(=O)[O-])CCN(CC(=O)[O-])CC(=O)[O-].[Gd+3].[Na+].[Na+]. The Hall–Kier alpha value is -2.10. The molecule has 0 saturated carbocycles. The van der Waals surface area contributed by atoms with E-state index in [-0.39, 0.29) is 118 Å². The maximum atomic E-state index is 13.5. The molecule has 0 aliphatic rings. The second-order valence-corrected chi connectivity index (χ2v) is 25.8. The minimum absolute atomic E-state index is 0. The van der Waals surface area contributed by atoms with Gasteiger partial charge in [0, 0.05) is 71.6 Å². The van der Waals surface area contributed by atoms with Crippen LogP contribution in [0.2, 0.25) is 0 Å². The first-order valence-electron chi connectivity index (χ1n) is 36.2. The van der Waals surface area contributed by atoms with E-state index >= 15 is 0 Å². The molecule has 0 aromatic heterocycles. The van der Waals surface area contributed by atoms with Crippen molar-refractivity contribution in [3.8, 4) is 0 Å². The number of aliphatic carboxylic acids is 5. The number of unbranched alkanes of at least 4 members (excludes halogenated alkanes) is 36. The first-order valence-corrected chi connectivity index (χ1v) is 36.2. The summed E-state index contributed by atoms with van der Waals surface area (Å²) >= 11 is 0. The van der Waals surface area contributed by atoms with Crippen molar-refractivity contribution in [2.45, 2.75) is 303 Å². The van der Waals surface area contributed by atoms with E-state index in [1.807, 2.05) is 0 Å². The number of ether oxygens (including phenoxy) is 5. The summed E-state index contributed by atoms with van der Waals surface area (Å²) in [6, 6.07) is -1.98. The molecule has 0 aliphatic heterocycles. The fourth-order valence-corrected chi connectivity index (χ4v) is 11.1. The van der Waals surface area contributed by atoms with Crippen molar-refractivity contribution >= 4 is 59.7 Å². The summed E-state index contributed by atoms with van der Waals surface area (Å²) in [6.07, 6.45) is 42.4. The van der Waals surface area contributed by atoms with Crippen molar-refractivity contribution in [1.82, 2.24) is 14.7 Å². The molecule has 26 heteroatoms. The molecule has 1 radical (unpaired) electrons. The Balaban J connectivity index is -0.0000144. The van der Waals surface area contributed by atoms with Crippen molar-refractivity contribution in [2.24, 2.45) is 5.41 Å². The second-order valence-electron chi connectivity index (χ2n) is 25.8. The number of esters is 5. The van der Waals surface area contributed by atoms with Crippen molar-refractivity contribution in [3.63, 3.8) is 0 Å². The van der Waals surface area contributed by atoms with E-state index in [0.717, 1.165) is 91.7 Å². The third-order valence-electron chi connectivity index (χ3n) is 16.9. The molecule has 0 bridgehead atoms. The van der Waals surface area contributed by atoms with Crippen LogP contribution in [0.15, 0.2) is 0 Å². The molecule has 0 N–H and O–H groups in total. The van der Waals surface area contributed by atoms with Gasteiger partial charge in [0.25, 0.3) is 0 Å². The van der Waals surface area contributed by atoms with Gasteiger partial charge in [0.2, 0.25) is 0 Å². The van der Waals surface area contributed by atoms with Gasteiger partial charge in [-0.1, -0.05) is 252 Å². The Kier molecular flexibility index (Phi) is 74.0. The topological polar surface area (TPSA) is 342 Å². The van der Waals surface area contributed by atoms with Crippen molar-refractivity contribution < 1.29 is 196 Å². The fourth-order valence-electron chi connectivity index (χ4n) is 11.1. The van der Waals surface area contributed by atoms with Gasteiger partial charge in [0.15, 0.2) is 6.61 Å². The summed E-state index contributed by atoms with van der Waals surface area (Å²) in [7, 11) is 0. The number of carboxylic acids is 5. The third kappa shape index (κ3) is 65.7. The van der Waals surface area contributed by atoms with E-state index in [0.29, 0.717) is 19.3 Å². The van der Waals surface area contributed by atoms with Gasteiger partial charge in [0.1, 0.15) is 31.8 Å². The minimum Gasteiger partial charge on any atom is -0.549 e. The zero-order valence-corrected chi connectivity index (χ0v) is 66.8. The molecule has 97 heavy (non-hydrogen) atoms. The minimum atomic E-state index is -1.98. The Morgan fingerprint density at radius 2 is 0.536 bits per heavy atom. The standard InChI is InChI=1S/C71H127N3O20.Gd.2Na/c1-4-7-10-13-16-19-22-25-28-31-34-37-40-43-65(83)91-56-71(57-92-66(84)44-41-38-35-32-29-26-23-20-17-14-11-8-5-2,58-93-67(85)45-42-39-36-33-30-27-24-21-18-15-12-9-6-3)59-94-69(87)55-90-68(86)50-60(70(88)89)74(48-46-72(51-61(75)76)52-62(77)78)49-47-73(53-63(79)80)54-64(81)82;;;/h60H,4-59H2,1-3H3,(H,75,76)(H,77,78)(H,79,80)(H,81,82)(H,88,89);;;/q;+3;2*+1/p-5. The van der Waals surface area contributed by atoms with Gasteiger partial charge in [0.05, 0.1) is 42.3 Å². The molecule has 0 amide bonds. The molecule has 0 rings (SSSR count). The average molecular weight is 1540 g/mol. The molecule has 0 fully saturated rings. The molecule has 0 aromatic rings. The zero-order valence-electron chi connectivity index (χ0n) is 60.5.